The first-order chi connectivity index (χ1) is 17.3. The molecule has 0 saturated heterocycles. The molecule has 10 heteroatoms. The first-order valence-electron chi connectivity index (χ1n) is 10.9. The van der Waals surface area contributed by atoms with Crippen LogP contribution in [0.3, 0.4) is 0 Å². The van der Waals surface area contributed by atoms with Crippen molar-refractivity contribution in [3.63, 3.8) is 0 Å². The molecule has 2 rings (SSSR count). The van der Waals surface area contributed by atoms with E-state index in [0.717, 1.165) is 0 Å². The van der Waals surface area contributed by atoms with Gasteiger partial charge in [-0.05, 0) is 61.4 Å². The maximum Gasteiger partial charge on any atom is 0.309 e. The van der Waals surface area contributed by atoms with Crippen molar-refractivity contribution >= 4 is 35.7 Å². The molecular formula is C27H30O10. The van der Waals surface area contributed by atoms with Gasteiger partial charge in [0.1, 0.15) is 0 Å². The van der Waals surface area contributed by atoms with Crippen molar-refractivity contribution in [2.45, 2.75) is 26.7 Å². The van der Waals surface area contributed by atoms with Crippen LogP contribution in [-0.4, -0.2) is 58.2 Å². The van der Waals surface area contributed by atoms with E-state index in [4.69, 9.17) is 19.7 Å². The molecule has 0 spiro atoms. The predicted molar refractivity (Wildman–Crippen MR) is 136 cm³/mol. The summed E-state index contributed by atoms with van der Waals surface area (Å²) >= 11 is 0. The van der Waals surface area contributed by atoms with Crippen LogP contribution in [0.5, 0.6) is 23.0 Å². The number of ether oxygens (including phenoxy) is 2. The van der Waals surface area contributed by atoms with Gasteiger partial charge < -0.3 is 29.9 Å². The average Bonchev–Trinajstić information content (AvgIpc) is 2.82. The van der Waals surface area contributed by atoms with Crippen LogP contribution in [-0.2, 0) is 19.2 Å². The molecule has 0 fully saturated rings. The van der Waals surface area contributed by atoms with E-state index in [1.54, 1.807) is 36.4 Å². The lowest BCUT2D eigenvalue weighted by Gasteiger charge is -2.14. The number of carboxylic acids is 2. The van der Waals surface area contributed by atoms with Crippen molar-refractivity contribution in [2.75, 3.05) is 14.2 Å². The van der Waals surface area contributed by atoms with E-state index >= 15 is 0 Å². The molecule has 0 unspecified atom stereocenters. The molecule has 198 valence electrons. The number of benzene rings is 2. The highest BCUT2D eigenvalue weighted by molar-refractivity contribution is 6.10. The summed E-state index contributed by atoms with van der Waals surface area (Å²) < 4.78 is 10.00. The van der Waals surface area contributed by atoms with Gasteiger partial charge in [0.15, 0.2) is 34.6 Å². The molecule has 0 aliphatic heterocycles. The summed E-state index contributed by atoms with van der Waals surface area (Å²) in [5, 5.41) is 35.7. The Morgan fingerprint density at radius 1 is 0.784 bits per heavy atom. The molecule has 2 aromatic carbocycles. The van der Waals surface area contributed by atoms with Crippen molar-refractivity contribution in [3.05, 3.63) is 59.7 Å². The smallest absolute Gasteiger partial charge is 0.309 e. The Bertz CT molecular complexity index is 1120. The molecule has 4 N–H and O–H groups in total. The fraction of sp³-hybridized carbons (Fsp3) is 0.259. The zero-order chi connectivity index (χ0) is 28.2. The molecule has 37 heavy (non-hydrogen) atoms. The van der Waals surface area contributed by atoms with Crippen LogP contribution in [0.2, 0.25) is 0 Å². The van der Waals surface area contributed by atoms with E-state index in [-0.39, 0.29) is 35.9 Å². The third-order valence-electron chi connectivity index (χ3n) is 4.85. The molecule has 0 atom stereocenters. The lowest BCUT2D eigenvalue weighted by molar-refractivity contribution is -0.153. The number of phenolic OH excluding ortho intramolecular Hbond substituents is 2. The van der Waals surface area contributed by atoms with Crippen molar-refractivity contribution in [2.24, 2.45) is 5.41 Å². The zero-order valence-corrected chi connectivity index (χ0v) is 20.9. The molecule has 0 aromatic heterocycles. The van der Waals surface area contributed by atoms with Gasteiger partial charge in [-0.2, -0.15) is 0 Å². The van der Waals surface area contributed by atoms with Crippen LogP contribution < -0.4 is 9.47 Å². The SMILES string of the molecule is CC(C)(CC(=O)O)C(=O)O.COc1cc(C=CC(=O)CC(=O)C=Cc2ccc(O)c(OC)c2)ccc1O. The second-order valence-corrected chi connectivity index (χ2v) is 8.40. The van der Waals surface area contributed by atoms with Crippen LogP contribution in [0.25, 0.3) is 12.2 Å². The topological polar surface area (TPSA) is 168 Å². The van der Waals surface area contributed by atoms with Gasteiger partial charge in [0.25, 0.3) is 0 Å². The van der Waals surface area contributed by atoms with E-state index in [1.807, 2.05) is 0 Å². The summed E-state index contributed by atoms with van der Waals surface area (Å²) in [5.74, 6) is -2.26. The van der Waals surface area contributed by atoms with Gasteiger partial charge in [-0.15, -0.1) is 0 Å². The standard InChI is InChI=1S/C21H20O6.C6H10O4/c1-26-20-11-14(5-9-18(20)24)3-7-16(22)13-17(23)8-4-15-6-10-19(25)21(12-15)27-2;1-6(2,5(9)10)3-4(7)8/h3-12,24-25H,13H2,1-2H3;3H2,1-2H3,(H,7,8)(H,9,10). The van der Waals surface area contributed by atoms with Gasteiger partial charge in [-0.1, -0.05) is 24.3 Å². The maximum atomic E-state index is 11.9. The number of aromatic hydroxyl groups is 2. The molecule has 10 nitrogen and oxygen atoms in total. The van der Waals surface area contributed by atoms with E-state index in [1.165, 1.54) is 52.4 Å². The highest BCUT2D eigenvalue weighted by Gasteiger charge is 2.29. The number of carbonyl (C=O) groups is 4. The Morgan fingerprint density at radius 2 is 1.19 bits per heavy atom. The first-order valence-corrected chi connectivity index (χ1v) is 10.9. The number of methoxy groups -OCH3 is 2. The summed E-state index contributed by atoms with van der Waals surface area (Å²) in [6, 6.07) is 9.34. The van der Waals surface area contributed by atoms with E-state index < -0.39 is 17.4 Å². The Labute approximate surface area is 214 Å². The van der Waals surface area contributed by atoms with Gasteiger partial charge in [-0.3, -0.25) is 19.2 Å². The van der Waals surface area contributed by atoms with Gasteiger partial charge in [0.05, 0.1) is 32.5 Å². The molecule has 0 aliphatic carbocycles. The highest BCUT2D eigenvalue weighted by Crippen LogP contribution is 2.27. The Morgan fingerprint density at radius 3 is 1.49 bits per heavy atom. The van der Waals surface area contributed by atoms with Gasteiger partial charge >= 0.3 is 11.9 Å². The second-order valence-electron chi connectivity index (χ2n) is 8.40. The minimum absolute atomic E-state index is 0.00662. The minimum atomic E-state index is -1.16. The summed E-state index contributed by atoms with van der Waals surface area (Å²) in [6.07, 6.45) is 5.10. The minimum Gasteiger partial charge on any atom is -0.504 e. The number of carbonyl (C=O) groups excluding carboxylic acids is 2. The fourth-order valence-electron chi connectivity index (χ4n) is 2.72. The molecule has 0 amide bonds. The molecule has 0 radical (unpaired) electrons. The molecule has 0 heterocycles. The lowest BCUT2D eigenvalue weighted by atomic mass is 9.90. The third-order valence-corrected chi connectivity index (χ3v) is 4.85. The van der Waals surface area contributed by atoms with Crippen LogP contribution in [0.4, 0.5) is 0 Å². The normalized spacial score (nSPS) is 11.0. The monoisotopic (exact) mass is 514 g/mol. The van der Waals surface area contributed by atoms with E-state index in [2.05, 4.69) is 0 Å². The Hall–Kier alpha value is -4.60. The fourth-order valence-corrected chi connectivity index (χ4v) is 2.72. The van der Waals surface area contributed by atoms with Crippen LogP contribution >= 0.6 is 0 Å². The zero-order valence-electron chi connectivity index (χ0n) is 20.9. The number of ketones is 2. The number of rotatable bonds is 11. The number of hydrogen-bond acceptors (Lipinski definition) is 8. The van der Waals surface area contributed by atoms with E-state index in [9.17, 15) is 29.4 Å². The molecule has 0 saturated carbocycles. The highest BCUT2D eigenvalue weighted by atomic mass is 16.5. The second kappa shape index (κ2) is 14.1. The summed E-state index contributed by atoms with van der Waals surface area (Å²) in [6.45, 7) is 2.76. The largest absolute Gasteiger partial charge is 0.504 e. The summed E-state index contributed by atoms with van der Waals surface area (Å²) in [5.41, 5.74) is 0.167. The molecule has 0 bridgehead atoms. The number of phenols is 2. The summed E-state index contributed by atoms with van der Waals surface area (Å²) in [4.78, 5) is 44.2. The summed E-state index contributed by atoms with van der Waals surface area (Å²) in [7, 11) is 2.87. The Kier molecular flexibility index (Phi) is 11.6. The van der Waals surface area contributed by atoms with Crippen LogP contribution in [0.15, 0.2) is 48.6 Å². The lowest BCUT2D eigenvalue weighted by Crippen LogP contribution is -2.26. The predicted octanol–water partition coefficient (Wildman–Crippen LogP) is 3.94. The van der Waals surface area contributed by atoms with Crippen molar-refractivity contribution in [3.8, 4) is 23.0 Å². The number of allylic oxidation sites excluding steroid dienone is 2. The third kappa shape index (κ3) is 10.7. The van der Waals surface area contributed by atoms with Gasteiger partial charge in [-0.25, -0.2) is 0 Å². The molecule has 2 aromatic rings. The van der Waals surface area contributed by atoms with Crippen molar-refractivity contribution in [1.82, 2.24) is 0 Å². The van der Waals surface area contributed by atoms with Crippen LogP contribution in [0, 0.1) is 5.41 Å². The number of aliphatic carboxylic acids is 2. The van der Waals surface area contributed by atoms with Crippen LogP contribution in [0.1, 0.15) is 37.8 Å². The molecular weight excluding hydrogens is 484 g/mol. The van der Waals surface area contributed by atoms with Crippen molar-refractivity contribution in [1.29, 1.82) is 0 Å². The number of carboxylic acid groups (broad SMARTS) is 2. The first kappa shape index (κ1) is 30.4. The van der Waals surface area contributed by atoms with E-state index in [0.29, 0.717) is 22.6 Å². The maximum absolute atomic E-state index is 11.9. The van der Waals surface area contributed by atoms with Gasteiger partial charge in [0, 0.05) is 0 Å². The van der Waals surface area contributed by atoms with Crippen molar-refractivity contribution < 1.29 is 49.1 Å². The molecule has 0 aliphatic rings. The quantitative estimate of drug-likeness (QED) is 0.255. The van der Waals surface area contributed by atoms with Gasteiger partial charge in [0.2, 0.25) is 0 Å². The average molecular weight is 515 g/mol. The number of hydrogen-bond donors (Lipinski definition) is 4. The Balaban J connectivity index is 0.000000580.